The first-order valence-corrected chi connectivity index (χ1v) is 8.77. The van der Waals surface area contributed by atoms with Gasteiger partial charge in [0.25, 0.3) is 0 Å². The Morgan fingerprint density at radius 2 is 2.08 bits per heavy atom. The van der Waals surface area contributed by atoms with E-state index in [1.807, 2.05) is 13.8 Å². The van der Waals surface area contributed by atoms with Crippen molar-refractivity contribution in [3.63, 3.8) is 0 Å². The van der Waals surface area contributed by atoms with Crippen molar-refractivity contribution in [2.24, 2.45) is 5.92 Å². The highest BCUT2D eigenvalue weighted by molar-refractivity contribution is 6.30. The molecule has 6 nitrogen and oxygen atoms in total. The van der Waals surface area contributed by atoms with E-state index in [1.165, 1.54) is 4.90 Å². The number of hydrogen-bond donors (Lipinski definition) is 1. The van der Waals surface area contributed by atoms with Gasteiger partial charge in [0.2, 0.25) is 17.7 Å². The molecule has 1 unspecified atom stereocenters. The Labute approximate surface area is 153 Å². The minimum atomic E-state index is -0.529. The van der Waals surface area contributed by atoms with Crippen LogP contribution in [0.5, 0.6) is 0 Å². The van der Waals surface area contributed by atoms with Crippen LogP contribution in [-0.2, 0) is 14.4 Å². The van der Waals surface area contributed by atoms with Gasteiger partial charge in [-0.1, -0.05) is 31.5 Å². The first-order chi connectivity index (χ1) is 11.8. The predicted molar refractivity (Wildman–Crippen MR) is 97.3 cm³/mol. The number of hydrogen-bond acceptors (Lipinski definition) is 3. The molecule has 136 valence electrons. The summed E-state index contributed by atoms with van der Waals surface area (Å²) in [5, 5.41) is 3.24. The van der Waals surface area contributed by atoms with Gasteiger partial charge in [-0.25, -0.2) is 0 Å². The third-order valence-electron chi connectivity index (χ3n) is 4.20. The van der Waals surface area contributed by atoms with Crippen LogP contribution in [0.25, 0.3) is 0 Å². The molecule has 25 heavy (non-hydrogen) atoms. The largest absolute Gasteiger partial charge is 0.335 e. The standard InChI is InChI=1S/C18H24ClN3O3/c1-12(2)17(22-9-5-8-16(22)24)18(25)21(3)11-15(23)20-14-7-4-6-13(19)10-14/h4,6-7,10,12,17H,5,8-9,11H2,1-3H3,(H,20,23). The smallest absolute Gasteiger partial charge is 0.245 e. The van der Waals surface area contributed by atoms with Crippen LogP contribution in [0.1, 0.15) is 26.7 Å². The zero-order chi connectivity index (χ0) is 18.6. The molecule has 1 heterocycles. The van der Waals surface area contributed by atoms with Crippen LogP contribution in [-0.4, -0.2) is 53.7 Å². The zero-order valence-electron chi connectivity index (χ0n) is 14.8. The van der Waals surface area contributed by atoms with Gasteiger partial charge in [-0.3, -0.25) is 14.4 Å². The average Bonchev–Trinajstić information content (AvgIpc) is 2.92. The number of carbonyl (C=O) groups excluding carboxylic acids is 3. The fourth-order valence-electron chi connectivity index (χ4n) is 3.03. The third-order valence-corrected chi connectivity index (χ3v) is 4.43. The molecule has 1 saturated heterocycles. The molecule has 0 aromatic heterocycles. The fraction of sp³-hybridized carbons (Fsp3) is 0.500. The van der Waals surface area contributed by atoms with E-state index in [0.29, 0.717) is 23.7 Å². The van der Waals surface area contributed by atoms with Crippen molar-refractivity contribution in [2.45, 2.75) is 32.7 Å². The minimum absolute atomic E-state index is 0.00355. The summed E-state index contributed by atoms with van der Waals surface area (Å²) >= 11 is 5.89. The first kappa shape index (κ1) is 19.2. The molecule has 1 aromatic rings. The number of anilines is 1. The second-order valence-electron chi connectivity index (χ2n) is 6.63. The van der Waals surface area contributed by atoms with Crippen LogP contribution >= 0.6 is 11.6 Å². The number of carbonyl (C=O) groups is 3. The molecule has 7 heteroatoms. The highest BCUT2D eigenvalue weighted by atomic mass is 35.5. The zero-order valence-corrected chi connectivity index (χ0v) is 15.5. The van der Waals surface area contributed by atoms with Gasteiger partial charge in [-0.2, -0.15) is 0 Å². The van der Waals surface area contributed by atoms with Gasteiger partial charge in [0, 0.05) is 30.7 Å². The summed E-state index contributed by atoms with van der Waals surface area (Å²) in [4.78, 5) is 40.0. The van der Waals surface area contributed by atoms with Crippen LogP contribution in [0.3, 0.4) is 0 Å². The molecule has 1 aliphatic rings. The number of nitrogens with one attached hydrogen (secondary N) is 1. The Bertz CT molecular complexity index is 663. The summed E-state index contributed by atoms with van der Waals surface area (Å²) < 4.78 is 0. The van der Waals surface area contributed by atoms with E-state index >= 15 is 0 Å². The summed E-state index contributed by atoms with van der Waals surface area (Å²) in [5.41, 5.74) is 0.577. The van der Waals surface area contributed by atoms with Crippen molar-refractivity contribution >= 4 is 35.0 Å². The van der Waals surface area contributed by atoms with E-state index in [9.17, 15) is 14.4 Å². The number of benzene rings is 1. The molecule has 1 aliphatic heterocycles. The lowest BCUT2D eigenvalue weighted by atomic mass is 10.0. The molecule has 3 amide bonds. The van der Waals surface area contributed by atoms with Gasteiger partial charge in [0.1, 0.15) is 6.04 Å². The summed E-state index contributed by atoms with van der Waals surface area (Å²) in [6.45, 7) is 4.33. The van der Waals surface area contributed by atoms with Crippen LogP contribution in [0.15, 0.2) is 24.3 Å². The summed E-state index contributed by atoms with van der Waals surface area (Å²) in [6, 6.07) is 6.29. The molecule has 1 fully saturated rings. The normalized spacial score (nSPS) is 15.4. The van der Waals surface area contributed by atoms with E-state index in [0.717, 1.165) is 6.42 Å². The highest BCUT2D eigenvalue weighted by Crippen LogP contribution is 2.21. The van der Waals surface area contributed by atoms with E-state index in [2.05, 4.69) is 5.32 Å². The Morgan fingerprint density at radius 1 is 1.36 bits per heavy atom. The molecule has 0 saturated carbocycles. The molecular formula is C18H24ClN3O3. The lowest BCUT2D eigenvalue weighted by Crippen LogP contribution is -2.52. The van der Waals surface area contributed by atoms with Gasteiger partial charge in [-0.05, 0) is 30.5 Å². The maximum absolute atomic E-state index is 12.8. The van der Waals surface area contributed by atoms with Crippen LogP contribution in [0, 0.1) is 5.92 Å². The third kappa shape index (κ3) is 4.95. The Morgan fingerprint density at radius 3 is 2.64 bits per heavy atom. The van der Waals surface area contributed by atoms with E-state index in [-0.39, 0.29) is 30.2 Å². The maximum atomic E-state index is 12.8. The Hall–Kier alpha value is -2.08. The quantitative estimate of drug-likeness (QED) is 0.841. The molecular weight excluding hydrogens is 342 g/mol. The molecule has 0 spiro atoms. The molecule has 0 radical (unpaired) electrons. The van der Waals surface area contributed by atoms with Crippen molar-refractivity contribution in [1.29, 1.82) is 0 Å². The van der Waals surface area contributed by atoms with Gasteiger partial charge in [-0.15, -0.1) is 0 Å². The summed E-state index contributed by atoms with van der Waals surface area (Å²) in [5.74, 6) is -0.545. The van der Waals surface area contributed by atoms with Gasteiger partial charge in [0.05, 0.1) is 6.54 Å². The topological polar surface area (TPSA) is 69.7 Å². The summed E-state index contributed by atoms with van der Waals surface area (Å²) in [7, 11) is 1.58. The number of rotatable bonds is 6. The number of nitrogens with zero attached hydrogens (tertiary/aromatic N) is 2. The number of amides is 3. The maximum Gasteiger partial charge on any atom is 0.245 e. The SMILES string of the molecule is CC(C)C(C(=O)N(C)CC(=O)Nc1cccc(Cl)c1)N1CCCC1=O. The molecule has 0 aliphatic carbocycles. The van der Waals surface area contributed by atoms with Gasteiger partial charge < -0.3 is 15.1 Å². The number of likely N-dealkylation sites (N-methyl/N-ethyl adjacent to an activating group) is 1. The highest BCUT2D eigenvalue weighted by Gasteiger charge is 2.36. The van der Waals surface area contributed by atoms with Gasteiger partial charge in [0.15, 0.2) is 0 Å². The lowest BCUT2D eigenvalue weighted by molar-refractivity contribution is -0.145. The van der Waals surface area contributed by atoms with E-state index < -0.39 is 6.04 Å². The molecule has 1 aromatic carbocycles. The van der Waals surface area contributed by atoms with E-state index in [1.54, 1.807) is 36.2 Å². The van der Waals surface area contributed by atoms with Crippen LogP contribution < -0.4 is 5.32 Å². The van der Waals surface area contributed by atoms with Crippen molar-refractivity contribution in [2.75, 3.05) is 25.5 Å². The van der Waals surface area contributed by atoms with Crippen molar-refractivity contribution in [3.8, 4) is 0 Å². The predicted octanol–water partition coefficient (Wildman–Crippen LogP) is 2.38. The number of halogens is 1. The molecule has 1 atom stereocenters. The lowest BCUT2D eigenvalue weighted by Gasteiger charge is -2.33. The van der Waals surface area contributed by atoms with Crippen LogP contribution in [0.4, 0.5) is 5.69 Å². The van der Waals surface area contributed by atoms with Crippen molar-refractivity contribution in [1.82, 2.24) is 9.80 Å². The first-order valence-electron chi connectivity index (χ1n) is 8.39. The average molecular weight is 366 g/mol. The second-order valence-corrected chi connectivity index (χ2v) is 7.07. The molecule has 2 rings (SSSR count). The molecule has 0 bridgehead atoms. The fourth-order valence-corrected chi connectivity index (χ4v) is 3.22. The Balaban J connectivity index is 2.00. The van der Waals surface area contributed by atoms with Crippen molar-refractivity contribution < 1.29 is 14.4 Å². The van der Waals surface area contributed by atoms with Crippen LogP contribution in [0.2, 0.25) is 5.02 Å². The minimum Gasteiger partial charge on any atom is -0.335 e. The number of likely N-dealkylation sites (tertiary alicyclic amines) is 1. The second kappa shape index (κ2) is 8.34. The Kier molecular flexibility index (Phi) is 6.42. The van der Waals surface area contributed by atoms with E-state index in [4.69, 9.17) is 11.6 Å². The molecule has 1 N–H and O–H groups in total. The van der Waals surface area contributed by atoms with Gasteiger partial charge >= 0.3 is 0 Å². The monoisotopic (exact) mass is 365 g/mol. The summed E-state index contributed by atoms with van der Waals surface area (Å²) in [6.07, 6.45) is 1.25. The van der Waals surface area contributed by atoms with Crippen molar-refractivity contribution in [3.05, 3.63) is 29.3 Å².